The number of nitrogens with zero attached hydrogens (tertiary/aromatic N) is 1. The fourth-order valence-electron chi connectivity index (χ4n) is 3.06. The van der Waals surface area contributed by atoms with E-state index in [9.17, 15) is 9.90 Å². The summed E-state index contributed by atoms with van der Waals surface area (Å²) in [5, 5.41) is 13.5. The number of carbonyl (C=O) groups is 1. The third-order valence-electron chi connectivity index (χ3n) is 4.43. The highest BCUT2D eigenvalue weighted by molar-refractivity contribution is 5.81. The molecular weight excluding hydrogens is 278 g/mol. The average Bonchev–Trinajstić information content (AvgIpc) is 3.00. The predicted molar refractivity (Wildman–Crippen MR) is 83.9 cm³/mol. The third kappa shape index (κ3) is 3.87. The number of rotatable bonds is 6. The summed E-state index contributed by atoms with van der Waals surface area (Å²) in [5.41, 5.74) is -1.22. The lowest BCUT2D eigenvalue weighted by atomic mass is 9.80. The summed E-state index contributed by atoms with van der Waals surface area (Å²) in [6, 6.07) is 9.01. The monoisotopic (exact) mass is 305 g/mol. The Morgan fingerprint density at radius 2 is 1.82 bits per heavy atom. The van der Waals surface area contributed by atoms with Crippen molar-refractivity contribution in [2.75, 3.05) is 34.3 Å². The van der Waals surface area contributed by atoms with E-state index in [2.05, 4.69) is 0 Å². The van der Waals surface area contributed by atoms with Crippen molar-refractivity contribution in [1.29, 1.82) is 0 Å². The van der Waals surface area contributed by atoms with E-state index >= 15 is 0 Å². The van der Waals surface area contributed by atoms with Gasteiger partial charge in [0.15, 0.2) is 0 Å². The number of ether oxygens (including phenoxy) is 1. The molecule has 0 spiro atoms. The molecule has 1 fully saturated rings. The zero-order valence-corrected chi connectivity index (χ0v) is 13.9. The van der Waals surface area contributed by atoms with Gasteiger partial charge < -0.3 is 14.3 Å². The minimum atomic E-state index is -1.76. The van der Waals surface area contributed by atoms with E-state index in [1.165, 1.54) is 0 Å². The van der Waals surface area contributed by atoms with Crippen LogP contribution in [0.4, 0.5) is 0 Å². The van der Waals surface area contributed by atoms with Crippen molar-refractivity contribution in [3.8, 4) is 0 Å². The molecule has 4 nitrogen and oxygen atoms in total. The van der Waals surface area contributed by atoms with Gasteiger partial charge in [0.05, 0.1) is 21.1 Å². The number of likely N-dealkylation sites (N-methyl/N-ethyl adjacent to an activating group) is 1. The lowest BCUT2D eigenvalue weighted by Gasteiger charge is -2.43. The van der Waals surface area contributed by atoms with Gasteiger partial charge in [0, 0.05) is 5.60 Å². The highest BCUT2D eigenvalue weighted by atomic mass is 16.5. The van der Waals surface area contributed by atoms with Crippen molar-refractivity contribution in [3.63, 3.8) is 0 Å². The van der Waals surface area contributed by atoms with Crippen LogP contribution in [0.15, 0.2) is 30.3 Å². The van der Waals surface area contributed by atoms with Gasteiger partial charge in [-0.1, -0.05) is 56.0 Å². The fourth-order valence-corrected chi connectivity index (χ4v) is 3.06. The van der Waals surface area contributed by atoms with Crippen LogP contribution in [0.1, 0.15) is 31.2 Å². The first kappa shape index (κ1) is 17.0. The van der Waals surface area contributed by atoms with E-state index < -0.39 is 11.6 Å². The van der Waals surface area contributed by atoms with Gasteiger partial charge in [-0.3, -0.25) is 4.79 Å². The van der Waals surface area contributed by atoms with Crippen molar-refractivity contribution >= 4 is 5.97 Å². The van der Waals surface area contributed by atoms with Gasteiger partial charge in [0.1, 0.15) is 13.2 Å². The highest BCUT2D eigenvalue weighted by Crippen LogP contribution is 2.39. The molecule has 1 atom stereocenters. The number of quaternary nitrogens is 1. The van der Waals surface area contributed by atoms with Gasteiger partial charge in [-0.15, -0.1) is 0 Å². The largest absolute Gasteiger partial charge is 0.837 e. The molecule has 0 saturated heterocycles. The molecule has 0 aliphatic heterocycles. The molecule has 0 radical (unpaired) electrons. The second-order valence-electron chi connectivity index (χ2n) is 7.23. The van der Waals surface area contributed by atoms with Crippen LogP contribution in [0.5, 0.6) is 0 Å². The molecule has 0 aromatic heterocycles. The SMILES string of the molecule is C[N+](C)(C)CCOC(=O)C([O-])(c1ccccc1)C1CCCC1. The molecule has 0 N–H and O–H groups in total. The summed E-state index contributed by atoms with van der Waals surface area (Å²) in [5.74, 6) is -0.773. The minimum Gasteiger partial charge on any atom is -0.837 e. The molecule has 0 bridgehead atoms. The molecule has 0 amide bonds. The maximum atomic E-state index is 13.5. The van der Waals surface area contributed by atoms with Gasteiger partial charge in [-0.25, -0.2) is 0 Å². The Morgan fingerprint density at radius 1 is 1.23 bits per heavy atom. The van der Waals surface area contributed by atoms with Crippen LogP contribution in [0, 0.1) is 5.92 Å². The Kier molecular flexibility index (Phi) is 5.24. The van der Waals surface area contributed by atoms with E-state index in [1.54, 1.807) is 12.1 Å². The second-order valence-corrected chi connectivity index (χ2v) is 7.23. The summed E-state index contributed by atoms with van der Waals surface area (Å²) in [6.45, 7) is 0.979. The first-order valence-corrected chi connectivity index (χ1v) is 8.07. The van der Waals surface area contributed by atoms with Crippen LogP contribution in [0.2, 0.25) is 0 Å². The molecule has 1 aromatic rings. The quantitative estimate of drug-likeness (QED) is 0.593. The number of carbonyl (C=O) groups excluding carboxylic acids is 1. The summed E-state index contributed by atoms with van der Waals surface area (Å²) >= 11 is 0. The molecule has 2 rings (SSSR count). The van der Waals surface area contributed by atoms with Crippen molar-refractivity contribution < 1.29 is 19.1 Å². The molecular formula is C18H27NO3. The van der Waals surface area contributed by atoms with Crippen molar-refractivity contribution in [3.05, 3.63) is 35.9 Å². The maximum Gasteiger partial charge on any atom is 0.300 e. The van der Waals surface area contributed by atoms with Gasteiger partial charge in [-0.05, 0) is 11.5 Å². The lowest BCUT2D eigenvalue weighted by molar-refractivity contribution is -0.870. The van der Waals surface area contributed by atoms with Crippen LogP contribution >= 0.6 is 0 Å². The van der Waals surface area contributed by atoms with E-state index in [4.69, 9.17) is 4.74 Å². The van der Waals surface area contributed by atoms with Crippen molar-refractivity contribution in [2.45, 2.75) is 31.3 Å². The molecule has 0 heterocycles. The summed E-state index contributed by atoms with van der Waals surface area (Å²) < 4.78 is 6.09. The van der Waals surface area contributed by atoms with Crippen molar-refractivity contribution in [1.82, 2.24) is 0 Å². The average molecular weight is 305 g/mol. The van der Waals surface area contributed by atoms with E-state index in [1.807, 2.05) is 39.3 Å². The summed E-state index contributed by atoms with van der Waals surface area (Å²) in [7, 11) is 6.10. The van der Waals surface area contributed by atoms with Crippen LogP contribution in [0.3, 0.4) is 0 Å². The third-order valence-corrected chi connectivity index (χ3v) is 4.43. The summed E-state index contributed by atoms with van der Waals surface area (Å²) in [4.78, 5) is 12.6. The van der Waals surface area contributed by atoms with Gasteiger partial charge >= 0.3 is 0 Å². The zero-order valence-electron chi connectivity index (χ0n) is 13.9. The molecule has 22 heavy (non-hydrogen) atoms. The van der Waals surface area contributed by atoms with Gasteiger partial charge in [-0.2, -0.15) is 0 Å². The number of esters is 1. The first-order chi connectivity index (χ1) is 10.3. The van der Waals surface area contributed by atoms with Crippen LogP contribution < -0.4 is 5.11 Å². The number of hydrogen-bond acceptors (Lipinski definition) is 3. The molecule has 1 unspecified atom stereocenters. The Morgan fingerprint density at radius 3 is 2.36 bits per heavy atom. The van der Waals surface area contributed by atoms with Crippen LogP contribution in [0.25, 0.3) is 0 Å². The Hall–Kier alpha value is -1.39. The maximum absolute atomic E-state index is 13.5. The Balaban J connectivity index is 2.16. The lowest BCUT2D eigenvalue weighted by Crippen LogP contribution is -2.54. The number of hydrogen-bond donors (Lipinski definition) is 0. The van der Waals surface area contributed by atoms with Crippen LogP contribution in [-0.2, 0) is 15.1 Å². The molecule has 1 saturated carbocycles. The highest BCUT2D eigenvalue weighted by Gasteiger charge is 2.39. The van der Waals surface area contributed by atoms with Crippen LogP contribution in [-0.4, -0.2) is 44.7 Å². The predicted octanol–water partition coefficient (Wildman–Crippen LogP) is 1.68. The molecule has 1 aliphatic rings. The molecule has 1 aliphatic carbocycles. The van der Waals surface area contributed by atoms with E-state index in [0.29, 0.717) is 16.6 Å². The molecule has 122 valence electrons. The normalized spacial score (nSPS) is 18.9. The second kappa shape index (κ2) is 6.80. The topological polar surface area (TPSA) is 49.4 Å². The Bertz CT molecular complexity index is 489. The van der Waals surface area contributed by atoms with E-state index in [-0.39, 0.29) is 12.5 Å². The molecule has 4 heteroatoms. The fraction of sp³-hybridized carbons (Fsp3) is 0.611. The van der Waals surface area contributed by atoms with Gasteiger partial charge in [0.25, 0.3) is 5.97 Å². The number of benzene rings is 1. The van der Waals surface area contributed by atoms with Gasteiger partial charge in [0.2, 0.25) is 0 Å². The summed E-state index contributed by atoms with van der Waals surface area (Å²) in [6.07, 6.45) is 3.66. The van der Waals surface area contributed by atoms with Crippen molar-refractivity contribution in [2.24, 2.45) is 5.92 Å². The smallest absolute Gasteiger partial charge is 0.300 e. The molecule has 1 aromatic carbocycles. The minimum absolute atomic E-state index is 0.161. The van der Waals surface area contributed by atoms with E-state index in [0.717, 1.165) is 25.7 Å². The zero-order chi connectivity index (χ0) is 16.2. The first-order valence-electron chi connectivity index (χ1n) is 8.07. The standard InChI is InChI=1S/C18H27NO3/c1-19(2,3)13-14-22-17(20)18(21,16-11-7-8-12-16)15-9-5-4-6-10-15/h4-6,9-10,16H,7-8,11-14H2,1-3H3. The Labute approximate surface area is 133 Å².